The quantitative estimate of drug-likeness (QED) is 0.864. The van der Waals surface area contributed by atoms with Gasteiger partial charge in [0.2, 0.25) is 0 Å². The van der Waals surface area contributed by atoms with Crippen LogP contribution < -0.4 is 5.32 Å². The van der Waals surface area contributed by atoms with Crippen LogP contribution in [0.2, 0.25) is 0 Å². The summed E-state index contributed by atoms with van der Waals surface area (Å²) in [5, 5.41) is 5.84. The molecule has 0 bridgehead atoms. The second-order valence-corrected chi connectivity index (χ2v) is 6.34. The first-order chi connectivity index (χ1) is 9.52. The number of rotatable bonds is 2. The van der Waals surface area contributed by atoms with Gasteiger partial charge in [-0.1, -0.05) is 44.2 Å². The van der Waals surface area contributed by atoms with Crippen molar-refractivity contribution in [3.63, 3.8) is 0 Å². The number of hydrogen-bond acceptors (Lipinski definition) is 2. The summed E-state index contributed by atoms with van der Waals surface area (Å²) in [6.45, 7) is 4.28. The summed E-state index contributed by atoms with van der Waals surface area (Å²) < 4.78 is 0. The first kappa shape index (κ1) is 12.9. The van der Waals surface area contributed by atoms with E-state index in [1.807, 2.05) is 12.1 Å². The fourth-order valence-corrected chi connectivity index (χ4v) is 2.88. The second-order valence-electron chi connectivity index (χ2n) is 6.34. The molecule has 2 aromatic carbocycles. The molecule has 0 unspecified atom stereocenters. The summed E-state index contributed by atoms with van der Waals surface area (Å²) in [4.78, 5) is 11.8. The minimum absolute atomic E-state index is 0.0466. The van der Waals surface area contributed by atoms with Crippen molar-refractivity contribution in [2.75, 3.05) is 5.32 Å². The van der Waals surface area contributed by atoms with Crippen molar-refractivity contribution in [1.29, 1.82) is 0 Å². The van der Waals surface area contributed by atoms with Gasteiger partial charge in [-0.2, -0.15) is 0 Å². The lowest BCUT2D eigenvalue weighted by Gasteiger charge is -2.29. The Balaban J connectivity index is 1.87. The molecule has 0 atom stereocenters. The lowest BCUT2D eigenvalue weighted by atomic mass is 9.79. The van der Waals surface area contributed by atoms with Gasteiger partial charge in [0.25, 0.3) is 0 Å². The molecule has 1 aliphatic carbocycles. The molecule has 0 saturated heterocycles. The van der Waals surface area contributed by atoms with Gasteiger partial charge in [-0.3, -0.25) is 4.79 Å². The van der Waals surface area contributed by atoms with E-state index >= 15 is 0 Å². The highest BCUT2D eigenvalue weighted by Crippen LogP contribution is 2.34. The summed E-state index contributed by atoms with van der Waals surface area (Å²) in [5.41, 5.74) is 2.10. The molecule has 2 aromatic rings. The van der Waals surface area contributed by atoms with E-state index in [9.17, 15) is 4.79 Å². The van der Waals surface area contributed by atoms with Crippen LogP contribution >= 0.6 is 0 Å². The second kappa shape index (κ2) is 4.78. The molecule has 2 nitrogen and oxygen atoms in total. The van der Waals surface area contributed by atoms with E-state index in [1.54, 1.807) is 6.08 Å². The Morgan fingerprint density at radius 2 is 1.75 bits per heavy atom. The third-order valence-electron chi connectivity index (χ3n) is 3.71. The maximum absolute atomic E-state index is 11.8. The van der Waals surface area contributed by atoms with Gasteiger partial charge in [-0.15, -0.1) is 0 Å². The first-order valence-corrected chi connectivity index (χ1v) is 7.01. The zero-order valence-corrected chi connectivity index (χ0v) is 11.9. The molecule has 0 spiro atoms. The van der Waals surface area contributed by atoms with Crippen molar-refractivity contribution >= 4 is 22.2 Å². The highest BCUT2D eigenvalue weighted by atomic mass is 16.1. The smallest absolute Gasteiger partial charge is 0.157 e. The maximum Gasteiger partial charge on any atom is 0.157 e. The minimum Gasteiger partial charge on any atom is -0.359 e. The van der Waals surface area contributed by atoms with Crippen molar-refractivity contribution in [3.8, 4) is 0 Å². The van der Waals surface area contributed by atoms with Gasteiger partial charge in [0.1, 0.15) is 0 Å². The standard InChI is InChI=1S/C18H19NO/c1-18(2)11-16(10-17(20)12-18)19-15-8-7-13-5-3-4-6-14(13)9-15/h3-10,19H,11-12H2,1-2H3. The first-order valence-electron chi connectivity index (χ1n) is 7.01. The van der Waals surface area contributed by atoms with Gasteiger partial charge in [0.15, 0.2) is 5.78 Å². The predicted octanol–water partition coefficient (Wildman–Crippen LogP) is 4.52. The molecule has 1 aliphatic rings. The van der Waals surface area contributed by atoms with E-state index in [4.69, 9.17) is 0 Å². The highest BCUT2D eigenvalue weighted by molar-refractivity contribution is 5.92. The number of nitrogens with one attached hydrogen (secondary N) is 1. The van der Waals surface area contributed by atoms with E-state index in [2.05, 4.69) is 49.5 Å². The molecular weight excluding hydrogens is 246 g/mol. The molecule has 0 fully saturated rings. The van der Waals surface area contributed by atoms with Gasteiger partial charge in [-0.25, -0.2) is 0 Å². The van der Waals surface area contributed by atoms with E-state index in [0.29, 0.717) is 6.42 Å². The number of carbonyl (C=O) groups excluding carboxylic acids is 1. The number of fused-ring (bicyclic) bond motifs is 1. The van der Waals surface area contributed by atoms with Crippen LogP contribution in [0.3, 0.4) is 0 Å². The largest absolute Gasteiger partial charge is 0.359 e. The number of hydrogen-bond donors (Lipinski definition) is 1. The Morgan fingerprint density at radius 3 is 2.50 bits per heavy atom. The van der Waals surface area contributed by atoms with Gasteiger partial charge in [0.05, 0.1) is 0 Å². The molecule has 0 aliphatic heterocycles. The van der Waals surface area contributed by atoms with Crippen LogP contribution in [0.5, 0.6) is 0 Å². The van der Waals surface area contributed by atoms with E-state index in [0.717, 1.165) is 17.8 Å². The molecule has 102 valence electrons. The van der Waals surface area contributed by atoms with Gasteiger partial charge < -0.3 is 5.32 Å². The Morgan fingerprint density at radius 1 is 1.00 bits per heavy atom. The predicted molar refractivity (Wildman–Crippen MR) is 83.7 cm³/mol. The Bertz CT molecular complexity index is 697. The summed E-state index contributed by atoms with van der Waals surface area (Å²) in [6, 6.07) is 14.6. The van der Waals surface area contributed by atoms with Crippen molar-refractivity contribution in [3.05, 3.63) is 54.2 Å². The SMILES string of the molecule is CC1(C)CC(=O)C=C(Nc2ccc3ccccc3c2)C1. The van der Waals surface area contributed by atoms with Gasteiger partial charge in [0, 0.05) is 23.9 Å². The van der Waals surface area contributed by atoms with E-state index < -0.39 is 0 Å². The monoisotopic (exact) mass is 265 g/mol. The zero-order valence-electron chi connectivity index (χ0n) is 11.9. The molecule has 0 radical (unpaired) electrons. The number of anilines is 1. The molecule has 0 heterocycles. The van der Waals surface area contributed by atoms with Crippen LogP contribution in [0.25, 0.3) is 10.8 Å². The number of carbonyl (C=O) groups is 1. The number of ketones is 1. The minimum atomic E-state index is 0.0466. The molecule has 3 rings (SSSR count). The molecule has 0 amide bonds. The molecule has 0 saturated carbocycles. The maximum atomic E-state index is 11.8. The average molecular weight is 265 g/mol. The van der Waals surface area contributed by atoms with Crippen LogP contribution in [-0.4, -0.2) is 5.78 Å². The summed E-state index contributed by atoms with van der Waals surface area (Å²) in [7, 11) is 0. The van der Waals surface area contributed by atoms with Crippen molar-refractivity contribution in [2.24, 2.45) is 5.41 Å². The lowest BCUT2D eigenvalue weighted by molar-refractivity contribution is -0.117. The van der Waals surface area contributed by atoms with Crippen LogP contribution in [0, 0.1) is 5.41 Å². The van der Waals surface area contributed by atoms with Crippen molar-refractivity contribution < 1.29 is 4.79 Å². The zero-order chi connectivity index (χ0) is 14.2. The fraction of sp³-hybridized carbons (Fsp3) is 0.278. The topological polar surface area (TPSA) is 29.1 Å². The molecule has 1 N–H and O–H groups in total. The van der Waals surface area contributed by atoms with Crippen LogP contribution in [0.4, 0.5) is 5.69 Å². The number of allylic oxidation sites excluding steroid dienone is 2. The third kappa shape index (κ3) is 2.74. The summed E-state index contributed by atoms with van der Waals surface area (Å²) in [6.07, 6.45) is 3.29. The van der Waals surface area contributed by atoms with Crippen molar-refractivity contribution in [2.45, 2.75) is 26.7 Å². The van der Waals surface area contributed by atoms with Gasteiger partial charge in [-0.05, 0) is 34.7 Å². The highest BCUT2D eigenvalue weighted by Gasteiger charge is 2.27. The Hall–Kier alpha value is -2.09. The fourth-order valence-electron chi connectivity index (χ4n) is 2.88. The van der Waals surface area contributed by atoms with Crippen LogP contribution in [-0.2, 0) is 4.79 Å². The average Bonchev–Trinajstić information content (AvgIpc) is 2.36. The van der Waals surface area contributed by atoms with Crippen LogP contribution in [0.15, 0.2) is 54.2 Å². The van der Waals surface area contributed by atoms with Gasteiger partial charge >= 0.3 is 0 Å². The van der Waals surface area contributed by atoms with E-state index in [1.165, 1.54) is 10.8 Å². The Labute approximate surface area is 119 Å². The molecule has 2 heteroatoms. The molecular formula is C18H19NO. The summed E-state index contributed by atoms with van der Waals surface area (Å²) >= 11 is 0. The Kier molecular flexibility index (Phi) is 3.09. The van der Waals surface area contributed by atoms with Crippen LogP contribution in [0.1, 0.15) is 26.7 Å². The molecule has 0 aromatic heterocycles. The number of benzene rings is 2. The van der Waals surface area contributed by atoms with E-state index in [-0.39, 0.29) is 11.2 Å². The third-order valence-corrected chi connectivity index (χ3v) is 3.71. The normalized spacial score (nSPS) is 17.9. The molecule has 20 heavy (non-hydrogen) atoms. The van der Waals surface area contributed by atoms with Crippen molar-refractivity contribution in [1.82, 2.24) is 0 Å². The lowest BCUT2D eigenvalue weighted by Crippen LogP contribution is -2.24. The summed E-state index contributed by atoms with van der Waals surface area (Å²) in [5.74, 6) is 0.213.